The number of alkyl halides is 2. The molecule has 1 aliphatic carbocycles. The standard InChI is InChI=1S/C23H25F2NO5/c1-3-29-20-7-5-4-6-18(20)19(27)9-8-17-14-30-22(26-17)16-10-12-23(28-2,13-11-16)31-15-21(24)25/h4-7,10-12,14,21H,3,8-9,13,15H2,1-2H3. The molecule has 0 saturated carbocycles. The molecule has 1 atom stereocenters. The van der Waals surface area contributed by atoms with Gasteiger partial charge in [-0.2, -0.15) is 0 Å². The summed E-state index contributed by atoms with van der Waals surface area (Å²) in [6.07, 6.45) is 4.85. The predicted octanol–water partition coefficient (Wildman–Crippen LogP) is 4.86. The van der Waals surface area contributed by atoms with E-state index < -0.39 is 18.8 Å². The van der Waals surface area contributed by atoms with Gasteiger partial charge in [0, 0.05) is 31.9 Å². The quantitative estimate of drug-likeness (QED) is 0.372. The summed E-state index contributed by atoms with van der Waals surface area (Å²) in [6, 6.07) is 7.15. The Morgan fingerprint density at radius 3 is 2.81 bits per heavy atom. The molecule has 0 aliphatic heterocycles. The van der Waals surface area contributed by atoms with Crippen molar-refractivity contribution < 1.29 is 32.2 Å². The van der Waals surface area contributed by atoms with Crippen LogP contribution in [0.25, 0.3) is 5.57 Å². The highest BCUT2D eigenvalue weighted by molar-refractivity contribution is 5.98. The lowest BCUT2D eigenvalue weighted by Gasteiger charge is -2.30. The van der Waals surface area contributed by atoms with Gasteiger partial charge in [-0.15, -0.1) is 0 Å². The first-order valence-electron chi connectivity index (χ1n) is 10.0. The number of halogens is 2. The molecule has 1 unspecified atom stereocenters. The Balaban J connectivity index is 1.60. The van der Waals surface area contributed by atoms with E-state index in [1.807, 2.05) is 13.0 Å². The number of carbonyl (C=O) groups is 1. The lowest BCUT2D eigenvalue weighted by Crippen LogP contribution is -2.35. The number of Topliss-reactive ketones (excluding diaryl/α,β-unsaturated/α-hetero) is 1. The van der Waals surface area contributed by atoms with Crippen LogP contribution in [0.4, 0.5) is 8.78 Å². The van der Waals surface area contributed by atoms with Crippen molar-refractivity contribution in [3.05, 3.63) is 65.9 Å². The number of hydrogen-bond acceptors (Lipinski definition) is 6. The highest BCUT2D eigenvalue weighted by Crippen LogP contribution is 2.30. The number of hydrogen-bond donors (Lipinski definition) is 0. The van der Waals surface area contributed by atoms with E-state index in [4.69, 9.17) is 18.6 Å². The third-order valence-electron chi connectivity index (χ3n) is 4.82. The first-order valence-corrected chi connectivity index (χ1v) is 10.0. The Bertz CT molecular complexity index is 953. The molecule has 6 nitrogen and oxygen atoms in total. The van der Waals surface area contributed by atoms with Crippen LogP contribution in [-0.2, 0) is 15.9 Å². The van der Waals surface area contributed by atoms with E-state index in [0.717, 1.165) is 0 Å². The number of ketones is 1. The summed E-state index contributed by atoms with van der Waals surface area (Å²) in [5.74, 6) is -0.308. The summed E-state index contributed by atoms with van der Waals surface area (Å²) in [5, 5.41) is 0. The largest absolute Gasteiger partial charge is 0.493 e. The maximum Gasteiger partial charge on any atom is 0.261 e. The third-order valence-corrected chi connectivity index (χ3v) is 4.82. The number of methoxy groups -OCH3 is 1. The zero-order valence-corrected chi connectivity index (χ0v) is 17.5. The van der Waals surface area contributed by atoms with Gasteiger partial charge in [0.25, 0.3) is 6.43 Å². The zero-order chi connectivity index (χ0) is 22.3. The van der Waals surface area contributed by atoms with Gasteiger partial charge in [-0.1, -0.05) is 18.2 Å². The van der Waals surface area contributed by atoms with Crippen molar-refractivity contribution in [2.45, 2.75) is 38.4 Å². The van der Waals surface area contributed by atoms with Crippen LogP contribution in [-0.4, -0.2) is 43.3 Å². The molecule has 31 heavy (non-hydrogen) atoms. The van der Waals surface area contributed by atoms with E-state index >= 15 is 0 Å². The minimum absolute atomic E-state index is 0.0357. The first-order chi connectivity index (χ1) is 15.0. The fraction of sp³-hybridized carbons (Fsp3) is 0.391. The van der Waals surface area contributed by atoms with E-state index in [2.05, 4.69) is 4.98 Å². The molecular weight excluding hydrogens is 408 g/mol. The molecule has 1 aromatic heterocycles. The molecule has 0 amide bonds. The van der Waals surface area contributed by atoms with Gasteiger partial charge in [-0.25, -0.2) is 13.8 Å². The molecular formula is C23H25F2NO5. The summed E-state index contributed by atoms with van der Waals surface area (Å²) < 4.78 is 46.4. The molecule has 1 aromatic carbocycles. The van der Waals surface area contributed by atoms with Crippen LogP contribution in [0.5, 0.6) is 5.75 Å². The van der Waals surface area contributed by atoms with Crippen LogP contribution >= 0.6 is 0 Å². The van der Waals surface area contributed by atoms with Crippen molar-refractivity contribution in [3.63, 3.8) is 0 Å². The lowest BCUT2D eigenvalue weighted by molar-refractivity contribution is -0.202. The fourth-order valence-electron chi connectivity index (χ4n) is 3.19. The first kappa shape index (κ1) is 22.8. The Morgan fingerprint density at radius 2 is 2.13 bits per heavy atom. The van der Waals surface area contributed by atoms with Gasteiger partial charge in [-0.05, 0) is 31.2 Å². The van der Waals surface area contributed by atoms with E-state index in [9.17, 15) is 13.6 Å². The van der Waals surface area contributed by atoms with Crippen LogP contribution in [0.1, 0.15) is 41.7 Å². The van der Waals surface area contributed by atoms with Gasteiger partial charge in [0.1, 0.15) is 18.6 Å². The molecule has 0 saturated heterocycles. The molecule has 0 spiro atoms. The second kappa shape index (κ2) is 10.5. The number of aryl methyl sites for hydroxylation is 1. The Hall–Kier alpha value is -2.84. The molecule has 1 aliphatic rings. The molecule has 2 aromatic rings. The smallest absolute Gasteiger partial charge is 0.261 e. The van der Waals surface area contributed by atoms with Crippen LogP contribution in [0.3, 0.4) is 0 Å². The van der Waals surface area contributed by atoms with E-state index in [1.165, 1.54) is 13.4 Å². The Labute approximate surface area is 179 Å². The zero-order valence-electron chi connectivity index (χ0n) is 17.5. The number of carbonyl (C=O) groups excluding carboxylic acids is 1. The van der Waals surface area contributed by atoms with Gasteiger partial charge in [0.2, 0.25) is 5.89 Å². The molecule has 0 N–H and O–H groups in total. The minimum Gasteiger partial charge on any atom is -0.493 e. The summed E-state index contributed by atoms with van der Waals surface area (Å²) >= 11 is 0. The molecule has 0 radical (unpaired) electrons. The summed E-state index contributed by atoms with van der Waals surface area (Å²) in [4.78, 5) is 17.0. The molecule has 0 fully saturated rings. The molecule has 8 heteroatoms. The second-order valence-corrected chi connectivity index (χ2v) is 6.91. The lowest BCUT2D eigenvalue weighted by atomic mass is 10.0. The maximum absolute atomic E-state index is 12.6. The number of rotatable bonds is 11. The Morgan fingerprint density at radius 1 is 1.32 bits per heavy atom. The van der Waals surface area contributed by atoms with Crippen LogP contribution in [0.15, 0.2) is 53.2 Å². The number of allylic oxidation sites excluding steroid dienone is 2. The summed E-state index contributed by atoms with van der Waals surface area (Å²) in [5.41, 5.74) is 1.88. The highest BCUT2D eigenvalue weighted by Gasteiger charge is 2.31. The van der Waals surface area contributed by atoms with Gasteiger partial charge in [-0.3, -0.25) is 4.79 Å². The number of ether oxygens (including phenoxy) is 3. The van der Waals surface area contributed by atoms with Crippen molar-refractivity contribution in [1.29, 1.82) is 0 Å². The van der Waals surface area contributed by atoms with Gasteiger partial charge in [0.15, 0.2) is 11.6 Å². The third kappa shape index (κ3) is 5.86. The number of nitrogens with zero attached hydrogens (tertiary/aromatic N) is 1. The molecule has 1 heterocycles. The average Bonchev–Trinajstić information content (AvgIpc) is 3.26. The van der Waals surface area contributed by atoms with Gasteiger partial charge in [0.05, 0.1) is 17.9 Å². The molecule has 3 rings (SSSR count). The summed E-state index contributed by atoms with van der Waals surface area (Å²) in [6.45, 7) is 1.64. The maximum atomic E-state index is 12.6. The van der Waals surface area contributed by atoms with E-state index in [1.54, 1.807) is 36.4 Å². The molecule has 0 bridgehead atoms. The van der Waals surface area contributed by atoms with Crippen molar-refractivity contribution >= 4 is 11.4 Å². The van der Waals surface area contributed by atoms with Crippen molar-refractivity contribution in [3.8, 4) is 5.75 Å². The highest BCUT2D eigenvalue weighted by atomic mass is 19.3. The molecule has 166 valence electrons. The van der Waals surface area contributed by atoms with Crippen LogP contribution in [0.2, 0.25) is 0 Å². The van der Waals surface area contributed by atoms with Gasteiger partial charge >= 0.3 is 0 Å². The topological polar surface area (TPSA) is 70.8 Å². The van der Waals surface area contributed by atoms with Crippen molar-refractivity contribution in [1.82, 2.24) is 4.98 Å². The van der Waals surface area contributed by atoms with Gasteiger partial charge < -0.3 is 18.6 Å². The normalized spacial score (nSPS) is 18.3. The fourth-order valence-corrected chi connectivity index (χ4v) is 3.19. The van der Waals surface area contributed by atoms with E-state index in [0.29, 0.717) is 41.5 Å². The van der Waals surface area contributed by atoms with Crippen LogP contribution < -0.4 is 4.74 Å². The SMILES string of the molecule is CCOc1ccccc1C(=O)CCc1coc(C2=CCC(OC)(OCC(F)F)C=C2)n1. The average molecular weight is 433 g/mol. The number of oxazole rings is 1. The van der Waals surface area contributed by atoms with E-state index in [-0.39, 0.29) is 18.6 Å². The second-order valence-electron chi connectivity index (χ2n) is 6.91. The minimum atomic E-state index is -2.58. The monoisotopic (exact) mass is 433 g/mol. The van der Waals surface area contributed by atoms with Crippen molar-refractivity contribution in [2.75, 3.05) is 20.3 Å². The number of para-hydroxylation sites is 1. The number of aromatic nitrogens is 1. The predicted molar refractivity (Wildman–Crippen MR) is 110 cm³/mol. The summed E-state index contributed by atoms with van der Waals surface area (Å²) in [7, 11) is 1.40. The van der Waals surface area contributed by atoms with Crippen LogP contribution in [0, 0.1) is 0 Å². The van der Waals surface area contributed by atoms with Crippen molar-refractivity contribution in [2.24, 2.45) is 0 Å². The number of benzene rings is 1. The Kier molecular flexibility index (Phi) is 7.70.